The lowest BCUT2D eigenvalue weighted by molar-refractivity contribution is -0.117. The Morgan fingerprint density at radius 1 is 1.40 bits per heavy atom. The average Bonchev–Trinajstić information content (AvgIpc) is 2.43. The molecule has 0 heterocycles. The van der Waals surface area contributed by atoms with Crippen LogP contribution >= 0.6 is 0 Å². The molecule has 5 heteroatoms. The third kappa shape index (κ3) is 5.19. The molecule has 1 amide bonds. The first-order chi connectivity index (χ1) is 9.58. The highest BCUT2D eigenvalue weighted by Gasteiger charge is 2.14. The molecule has 0 unspecified atom stereocenters. The summed E-state index contributed by atoms with van der Waals surface area (Å²) in [6, 6.07) is 7.70. The van der Waals surface area contributed by atoms with Gasteiger partial charge in [-0.05, 0) is 38.9 Å². The number of anilines is 1. The van der Waals surface area contributed by atoms with Crippen molar-refractivity contribution in [1.82, 2.24) is 4.90 Å². The van der Waals surface area contributed by atoms with Crippen LogP contribution in [0.4, 0.5) is 5.69 Å². The fourth-order valence-electron chi connectivity index (χ4n) is 1.94. The predicted molar refractivity (Wildman–Crippen MR) is 82.0 cm³/mol. The van der Waals surface area contributed by atoms with Crippen LogP contribution in [0.25, 0.3) is 0 Å². The lowest BCUT2D eigenvalue weighted by atomic mass is 10.2. The summed E-state index contributed by atoms with van der Waals surface area (Å²) in [6.45, 7) is 5.97. The summed E-state index contributed by atoms with van der Waals surface area (Å²) in [5.74, 6) is 0.624. The lowest BCUT2D eigenvalue weighted by Crippen LogP contribution is -2.39. The number of para-hydroxylation sites is 2. The van der Waals surface area contributed by atoms with Crippen molar-refractivity contribution in [3.05, 3.63) is 24.3 Å². The monoisotopic (exact) mass is 279 g/mol. The molecular weight excluding hydrogens is 254 g/mol. The van der Waals surface area contributed by atoms with Crippen LogP contribution in [0.15, 0.2) is 24.3 Å². The van der Waals surface area contributed by atoms with Crippen LogP contribution in [0.3, 0.4) is 0 Å². The highest BCUT2D eigenvalue weighted by molar-refractivity contribution is 5.93. The standard InChI is InChI=1S/C15H25N3O2/c1-12(2)18(10-6-9-16)11-15(19)17-13-7-4-5-8-14(13)20-3/h4-5,7-8,12H,6,9-11,16H2,1-3H3,(H,17,19). The zero-order valence-electron chi connectivity index (χ0n) is 12.6. The molecule has 1 aromatic carbocycles. The van der Waals surface area contributed by atoms with E-state index < -0.39 is 0 Å². The molecule has 0 saturated carbocycles. The number of nitrogens with two attached hydrogens (primary N) is 1. The van der Waals surface area contributed by atoms with E-state index in [1.165, 1.54) is 0 Å². The summed E-state index contributed by atoms with van der Waals surface area (Å²) >= 11 is 0. The molecule has 20 heavy (non-hydrogen) atoms. The Labute approximate surface area is 121 Å². The van der Waals surface area contributed by atoms with Crippen LogP contribution in [-0.2, 0) is 4.79 Å². The molecule has 0 aliphatic heterocycles. The minimum absolute atomic E-state index is 0.0415. The number of hydrogen-bond donors (Lipinski definition) is 2. The van der Waals surface area contributed by atoms with Gasteiger partial charge >= 0.3 is 0 Å². The average molecular weight is 279 g/mol. The maximum atomic E-state index is 12.1. The number of nitrogens with zero attached hydrogens (tertiary/aromatic N) is 1. The van der Waals surface area contributed by atoms with Crippen LogP contribution in [0.2, 0.25) is 0 Å². The van der Waals surface area contributed by atoms with Gasteiger partial charge < -0.3 is 15.8 Å². The van der Waals surface area contributed by atoms with Crippen molar-refractivity contribution in [2.75, 3.05) is 32.1 Å². The Hall–Kier alpha value is -1.59. The Bertz CT molecular complexity index is 421. The maximum Gasteiger partial charge on any atom is 0.238 e. The molecule has 0 atom stereocenters. The second kappa shape index (κ2) is 8.55. The minimum Gasteiger partial charge on any atom is -0.495 e. The quantitative estimate of drug-likeness (QED) is 0.760. The molecule has 1 rings (SSSR count). The second-order valence-corrected chi connectivity index (χ2v) is 4.95. The summed E-state index contributed by atoms with van der Waals surface area (Å²) < 4.78 is 5.22. The van der Waals surface area contributed by atoms with Crippen LogP contribution in [0.1, 0.15) is 20.3 Å². The van der Waals surface area contributed by atoms with Crippen LogP contribution in [0.5, 0.6) is 5.75 Å². The molecule has 5 nitrogen and oxygen atoms in total. The van der Waals surface area contributed by atoms with Gasteiger partial charge in [0.2, 0.25) is 5.91 Å². The summed E-state index contributed by atoms with van der Waals surface area (Å²) in [5.41, 5.74) is 6.22. The van der Waals surface area contributed by atoms with E-state index in [4.69, 9.17) is 10.5 Å². The van der Waals surface area contributed by atoms with Crippen molar-refractivity contribution in [3.63, 3.8) is 0 Å². The molecule has 0 bridgehead atoms. The first kappa shape index (κ1) is 16.5. The van der Waals surface area contributed by atoms with Gasteiger partial charge in [0.25, 0.3) is 0 Å². The summed E-state index contributed by atoms with van der Waals surface area (Å²) in [7, 11) is 1.59. The number of carbonyl (C=O) groups excluding carboxylic acids is 1. The molecular formula is C15H25N3O2. The van der Waals surface area contributed by atoms with Crippen molar-refractivity contribution in [3.8, 4) is 5.75 Å². The van der Waals surface area contributed by atoms with Gasteiger partial charge in [-0.15, -0.1) is 0 Å². The second-order valence-electron chi connectivity index (χ2n) is 4.95. The SMILES string of the molecule is COc1ccccc1NC(=O)CN(CCCN)C(C)C. The number of methoxy groups -OCH3 is 1. The van der Waals surface area contributed by atoms with Gasteiger partial charge in [-0.1, -0.05) is 12.1 Å². The van der Waals surface area contributed by atoms with Crippen molar-refractivity contribution >= 4 is 11.6 Å². The highest BCUT2D eigenvalue weighted by atomic mass is 16.5. The molecule has 0 aliphatic carbocycles. The molecule has 0 spiro atoms. The third-order valence-electron chi connectivity index (χ3n) is 3.11. The van der Waals surface area contributed by atoms with E-state index in [1.54, 1.807) is 7.11 Å². The number of amides is 1. The molecule has 0 radical (unpaired) electrons. The Balaban J connectivity index is 2.61. The highest BCUT2D eigenvalue weighted by Crippen LogP contribution is 2.22. The van der Waals surface area contributed by atoms with Crippen LogP contribution in [0, 0.1) is 0 Å². The molecule has 1 aromatic rings. The van der Waals surface area contributed by atoms with Crippen molar-refractivity contribution in [2.45, 2.75) is 26.3 Å². The van der Waals surface area contributed by atoms with Gasteiger partial charge in [0.05, 0.1) is 19.3 Å². The minimum atomic E-state index is -0.0415. The van der Waals surface area contributed by atoms with Gasteiger partial charge in [-0.2, -0.15) is 0 Å². The van der Waals surface area contributed by atoms with E-state index >= 15 is 0 Å². The van der Waals surface area contributed by atoms with Gasteiger partial charge in [-0.3, -0.25) is 9.69 Å². The molecule has 3 N–H and O–H groups in total. The van der Waals surface area contributed by atoms with E-state index in [0.29, 0.717) is 30.6 Å². The number of rotatable bonds is 8. The topological polar surface area (TPSA) is 67.6 Å². The fraction of sp³-hybridized carbons (Fsp3) is 0.533. The van der Waals surface area contributed by atoms with E-state index in [9.17, 15) is 4.79 Å². The van der Waals surface area contributed by atoms with E-state index in [-0.39, 0.29) is 5.91 Å². The Morgan fingerprint density at radius 3 is 2.70 bits per heavy atom. The predicted octanol–water partition coefficient (Wildman–Crippen LogP) is 1.69. The van der Waals surface area contributed by atoms with Crippen LogP contribution in [-0.4, -0.2) is 43.6 Å². The third-order valence-corrected chi connectivity index (χ3v) is 3.11. The molecule has 0 saturated heterocycles. The largest absolute Gasteiger partial charge is 0.495 e. The van der Waals surface area contributed by atoms with Gasteiger partial charge in [0.1, 0.15) is 5.75 Å². The smallest absolute Gasteiger partial charge is 0.238 e. The van der Waals surface area contributed by atoms with Crippen molar-refractivity contribution < 1.29 is 9.53 Å². The van der Waals surface area contributed by atoms with Gasteiger partial charge in [-0.25, -0.2) is 0 Å². The molecule has 0 aromatic heterocycles. The first-order valence-electron chi connectivity index (χ1n) is 6.95. The maximum absolute atomic E-state index is 12.1. The van der Waals surface area contributed by atoms with E-state index in [0.717, 1.165) is 13.0 Å². The molecule has 0 fully saturated rings. The van der Waals surface area contributed by atoms with Gasteiger partial charge in [0.15, 0.2) is 0 Å². The number of hydrogen-bond acceptors (Lipinski definition) is 4. The first-order valence-corrected chi connectivity index (χ1v) is 6.95. The summed E-state index contributed by atoms with van der Waals surface area (Å²) in [5, 5.41) is 2.89. The zero-order valence-corrected chi connectivity index (χ0v) is 12.6. The number of benzene rings is 1. The van der Waals surface area contributed by atoms with Gasteiger partial charge in [0, 0.05) is 12.6 Å². The normalized spacial score (nSPS) is 10.9. The van der Waals surface area contributed by atoms with Crippen LogP contribution < -0.4 is 15.8 Å². The number of ether oxygens (including phenoxy) is 1. The van der Waals surface area contributed by atoms with E-state index in [1.807, 2.05) is 24.3 Å². The summed E-state index contributed by atoms with van der Waals surface area (Å²) in [6.07, 6.45) is 0.889. The fourth-order valence-corrected chi connectivity index (χ4v) is 1.94. The zero-order chi connectivity index (χ0) is 15.0. The van der Waals surface area contributed by atoms with Crippen molar-refractivity contribution in [2.24, 2.45) is 5.73 Å². The summed E-state index contributed by atoms with van der Waals surface area (Å²) in [4.78, 5) is 14.2. The number of nitrogens with one attached hydrogen (secondary N) is 1. The van der Waals surface area contributed by atoms with E-state index in [2.05, 4.69) is 24.1 Å². The molecule has 0 aliphatic rings. The number of carbonyl (C=O) groups is 1. The Morgan fingerprint density at radius 2 is 2.10 bits per heavy atom. The Kier molecular flexibility index (Phi) is 7.04. The molecule has 112 valence electrons. The lowest BCUT2D eigenvalue weighted by Gasteiger charge is -2.25. The van der Waals surface area contributed by atoms with Crippen molar-refractivity contribution in [1.29, 1.82) is 0 Å².